The second-order valence-corrected chi connectivity index (χ2v) is 4.32. The molecule has 0 fully saturated rings. The lowest BCUT2D eigenvalue weighted by molar-refractivity contribution is -0.386. The third-order valence-electron chi connectivity index (χ3n) is 1.99. The number of carboxylic acid groups (broad SMARTS) is 1. The molecule has 7 nitrogen and oxygen atoms in total. The van der Waals surface area contributed by atoms with Gasteiger partial charge in [0.15, 0.2) is 0 Å². The van der Waals surface area contributed by atoms with Crippen molar-refractivity contribution in [3.05, 3.63) is 33.9 Å². The third-order valence-corrected chi connectivity index (χ3v) is 1.99. The second kappa shape index (κ2) is 5.01. The van der Waals surface area contributed by atoms with Crippen LogP contribution >= 0.6 is 0 Å². The molecule has 0 bridgehead atoms. The van der Waals surface area contributed by atoms with Gasteiger partial charge in [-0.3, -0.25) is 10.1 Å². The van der Waals surface area contributed by atoms with Gasteiger partial charge >= 0.3 is 11.7 Å². The van der Waals surface area contributed by atoms with E-state index in [9.17, 15) is 20.0 Å². The zero-order valence-electron chi connectivity index (χ0n) is 9.91. The highest BCUT2D eigenvalue weighted by Crippen LogP contribution is 2.31. The van der Waals surface area contributed by atoms with Gasteiger partial charge in [0.05, 0.1) is 10.5 Å². The molecule has 0 radical (unpaired) electrons. The summed E-state index contributed by atoms with van der Waals surface area (Å²) in [6.07, 6.45) is 0. The molecule has 0 aliphatic rings. The molecule has 1 aromatic rings. The smallest absolute Gasteiger partial charge is 0.339 e. The van der Waals surface area contributed by atoms with Crippen LogP contribution in [0.2, 0.25) is 0 Å². The van der Waals surface area contributed by atoms with Crippen molar-refractivity contribution in [1.29, 1.82) is 0 Å². The molecule has 0 aliphatic heterocycles. The van der Waals surface area contributed by atoms with Gasteiger partial charge < -0.3 is 14.9 Å². The fourth-order valence-corrected chi connectivity index (χ4v) is 1.24. The van der Waals surface area contributed by atoms with E-state index in [0.717, 1.165) is 6.07 Å². The highest BCUT2D eigenvalue weighted by Gasteiger charge is 2.25. The van der Waals surface area contributed by atoms with Crippen LogP contribution in [0.3, 0.4) is 0 Å². The molecule has 0 saturated heterocycles. The molecule has 0 atom stereocenters. The predicted octanol–water partition coefficient (Wildman–Crippen LogP) is 1.44. The van der Waals surface area contributed by atoms with Gasteiger partial charge in [-0.15, -0.1) is 0 Å². The molecule has 0 aliphatic carbocycles. The van der Waals surface area contributed by atoms with E-state index in [0.29, 0.717) is 0 Å². The number of nitrogens with zero attached hydrogens (tertiary/aromatic N) is 1. The van der Waals surface area contributed by atoms with Crippen LogP contribution in [0.1, 0.15) is 24.2 Å². The van der Waals surface area contributed by atoms with Crippen molar-refractivity contribution < 1.29 is 24.7 Å². The number of nitro groups is 1. The maximum Gasteiger partial charge on any atom is 0.339 e. The number of carboxylic acids is 1. The average Bonchev–Trinajstić information content (AvgIpc) is 2.24. The summed E-state index contributed by atoms with van der Waals surface area (Å²) in [6.45, 7) is 2.64. The zero-order valence-corrected chi connectivity index (χ0v) is 9.91. The van der Waals surface area contributed by atoms with Crippen LogP contribution in [-0.2, 0) is 0 Å². The SMILES string of the molecule is CC(C)(O)COc1c(C(=O)O)cccc1[N+](=O)[O-]. The molecule has 0 spiro atoms. The third kappa shape index (κ3) is 3.42. The molecule has 1 rings (SSSR count). The maximum absolute atomic E-state index is 11.0. The predicted molar refractivity (Wildman–Crippen MR) is 61.8 cm³/mol. The van der Waals surface area contributed by atoms with E-state index in [1.807, 2.05) is 0 Å². The molecule has 1 aromatic carbocycles. The highest BCUT2D eigenvalue weighted by molar-refractivity contribution is 5.92. The fraction of sp³-hybridized carbons (Fsp3) is 0.364. The summed E-state index contributed by atoms with van der Waals surface area (Å²) in [6, 6.07) is 3.61. The fourth-order valence-electron chi connectivity index (χ4n) is 1.24. The minimum Gasteiger partial charge on any atom is -0.483 e. The van der Waals surface area contributed by atoms with Crippen molar-refractivity contribution in [1.82, 2.24) is 0 Å². The highest BCUT2D eigenvalue weighted by atomic mass is 16.6. The number of aromatic carboxylic acids is 1. The van der Waals surface area contributed by atoms with Crippen molar-refractivity contribution >= 4 is 11.7 Å². The van der Waals surface area contributed by atoms with Crippen LogP contribution in [0.15, 0.2) is 18.2 Å². The van der Waals surface area contributed by atoms with Gasteiger partial charge in [-0.05, 0) is 19.9 Å². The second-order valence-electron chi connectivity index (χ2n) is 4.32. The topological polar surface area (TPSA) is 110 Å². The number of nitro benzene ring substituents is 1. The van der Waals surface area contributed by atoms with Crippen molar-refractivity contribution in [3.8, 4) is 5.75 Å². The van der Waals surface area contributed by atoms with Gasteiger partial charge in [-0.2, -0.15) is 0 Å². The van der Waals surface area contributed by atoms with Gasteiger partial charge in [0.1, 0.15) is 12.2 Å². The monoisotopic (exact) mass is 255 g/mol. The Morgan fingerprint density at radius 3 is 2.56 bits per heavy atom. The maximum atomic E-state index is 11.0. The van der Waals surface area contributed by atoms with Crippen molar-refractivity contribution in [3.63, 3.8) is 0 Å². The van der Waals surface area contributed by atoms with Crippen LogP contribution in [0.4, 0.5) is 5.69 Å². The van der Waals surface area contributed by atoms with Crippen molar-refractivity contribution in [2.24, 2.45) is 0 Å². The molecule has 0 saturated carbocycles. The Morgan fingerprint density at radius 2 is 2.11 bits per heavy atom. The lowest BCUT2D eigenvalue weighted by atomic mass is 10.1. The Balaban J connectivity index is 3.19. The van der Waals surface area contributed by atoms with Gasteiger partial charge in [0.2, 0.25) is 5.75 Å². The van der Waals surface area contributed by atoms with Crippen LogP contribution < -0.4 is 4.74 Å². The van der Waals surface area contributed by atoms with Crippen molar-refractivity contribution in [2.45, 2.75) is 19.4 Å². The summed E-state index contributed by atoms with van der Waals surface area (Å²) in [7, 11) is 0. The van der Waals surface area contributed by atoms with E-state index in [-0.39, 0.29) is 17.9 Å². The molecule has 98 valence electrons. The first-order valence-electron chi connectivity index (χ1n) is 5.08. The van der Waals surface area contributed by atoms with E-state index >= 15 is 0 Å². The quantitative estimate of drug-likeness (QED) is 0.608. The number of hydrogen-bond donors (Lipinski definition) is 2. The minimum atomic E-state index is -1.33. The van der Waals surface area contributed by atoms with Crippen LogP contribution in [0.25, 0.3) is 0 Å². The lowest BCUT2D eigenvalue weighted by Gasteiger charge is -2.18. The summed E-state index contributed by atoms with van der Waals surface area (Å²) in [4.78, 5) is 21.0. The summed E-state index contributed by atoms with van der Waals surface area (Å²) < 4.78 is 5.08. The summed E-state index contributed by atoms with van der Waals surface area (Å²) >= 11 is 0. The number of rotatable bonds is 5. The van der Waals surface area contributed by atoms with Gasteiger partial charge in [-0.25, -0.2) is 4.79 Å². The first-order chi connectivity index (χ1) is 8.22. The minimum absolute atomic E-state index is 0.252. The number of carbonyl (C=O) groups is 1. The Morgan fingerprint density at radius 1 is 1.50 bits per heavy atom. The Bertz CT molecular complexity index is 445. The number of para-hydroxylation sites is 1. The average molecular weight is 255 g/mol. The van der Waals surface area contributed by atoms with E-state index in [1.165, 1.54) is 26.0 Å². The summed E-state index contributed by atoms with van der Waals surface area (Å²) in [5, 5.41) is 29.2. The number of ether oxygens (including phenoxy) is 1. The first kappa shape index (κ1) is 13.9. The molecular weight excluding hydrogens is 242 g/mol. The van der Waals surface area contributed by atoms with Crippen LogP contribution in [0, 0.1) is 10.1 Å². The molecule has 0 aromatic heterocycles. The zero-order chi connectivity index (χ0) is 13.9. The normalized spacial score (nSPS) is 11.1. The Labute approximate surface area is 103 Å². The van der Waals surface area contributed by atoms with Gasteiger partial charge in [0, 0.05) is 6.07 Å². The Hall–Kier alpha value is -2.15. The van der Waals surface area contributed by atoms with Crippen LogP contribution in [-0.4, -0.2) is 33.3 Å². The molecule has 0 amide bonds. The molecule has 2 N–H and O–H groups in total. The molecule has 18 heavy (non-hydrogen) atoms. The van der Waals surface area contributed by atoms with E-state index in [2.05, 4.69) is 0 Å². The summed E-state index contributed by atoms with van der Waals surface area (Å²) in [5.74, 6) is -1.68. The van der Waals surface area contributed by atoms with Gasteiger partial charge in [0.25, 0.3) is 0 Å². The molecule has 0 heterocycles. The molecule has 7 heteroatoms. The number of benzene rings is 1. The van der Waals surface area contributed by atoms with Crippen LogP contribution in [0.5, 0.6) is 5.75 Å². The lowest BCUT2D eigenvalue weighted by Crippen LogP contribution is -2.28. The molecular formula is C11H13NO6. The largest absolute Gasteiger partial charge is 0.483 e. The number of hydrogen-bond acceptors (Lipinski definition) is 5. The molecule has 0 unspecified atom stereocenters. The first-order valence-corrected chi connectivity index (χ1v) is 5.08. The summed E-state index contributed by atoms with van der Waals surface area (Å²) in [5.41, 5.74) is -1.98. The van der Waals surface area contributed by atoms with E-state index < -0.39 is 22.2 Å². The Kier molecular flexibility index (Phi) is 3.87. The number of aliphatic hydroxyl groups is 1. The van der Waals surface area contributed by atoms with Crippen molar-refractivity contribution in [2.75, 3.05) is 6.61 Å². The van der Waals surface area contributed by atoms with Gasteiger partial charge in [-0.1, -0.05) is 6.07 Å². The van der Waals surface area contributed by atoms with E-state index in [4.69, 9.17) is 9.84 Å². The van der Waals surface area contributed by atoms with E-state index in [1.54, 1.807) is 0 Å². The standard InChI is InChI=1S/C11H13NO6/c1-11(2,15)6-18-9-7(10(13)14)4-3-5-8(9)12(16)17/h3-5,15H,6H2,1-2H3,(H,13,14).